The third kappa shape index (κ3) is 3.52. The van der Waals surface area contributed by atoms with Crippen molar-refractivity contribution in [3.8, 4) is 0 Å². The zero-order valence-corrected chi connectivity index (χ0v) is 8.73. The second kappa shape index (κ2) is 5.26. The molecule has 1 rings (SSSR count). The number of anilines is 1. The molecule has 0 bridgehead atoms. The molecule has 15 heavy (non-hydrogen) atoms. The molecule has 0 aliphatic carbocycles. The number of pyridine rings is 1. The van der Waals surface area contributed by atoms with Gasteiger partial charge in [-0.15, -0.1) is 6.58 Å². The molecule has 4 nitrogen and oxygen atoms in total. The monoisotopic (exact) mass is 205 g/mol. The number of nitrogens with one attached hydrogen (secondary N) is 1. The predicted molar refractivity (Wildman–Crippen MR) is 60.4 cm³/mol. The number of nitrogens with two attached hydrogens (primary N) is 1. The van der Waals surface area contributed by atoms with Gasteiger partial charge in [-0.1, -0.05) is 6.08 Å². The van der Waals surface area contributed by atoms with Gasteiger partial charge >= 0.3 is 0 Å². The molecule has 0 saturated heterocycles. The fraction of sp³-hybridized carbons (Fsp3) is 0.273. The summed E-state index contributed by atoms with van der Waals surface area (Å²) in [4.78, 5) is 15.5. The summed E-state index contributed by atoms with van der Waals surface area (Å²) in [6.45, 7) is 5.46. The van der Waals surface area contributed by atoms with Crippen LogP contribution in [0, 0.1) is 6.92 Å². The average molecular weight is 205 g/mol. The van der Waals surface area contributed by atoms with Gasteiger partial charge in [-0.2, -0.15) is 0 Å². The summed E-state index contributed by atoms with van der Waals surface area (Å²) >= 11 is 0. The Morgan fingerprint density at radius 3 is 3.13 bits per heavy atom. The van der Waals surface area contributed by atoms with E-state index < -0.39 is 6.04 Å². The van der Waals surface area contributed by atoms with Crippen LogP contribution in [-0.2, 0) is 4.79 Å². The summed E-state index contributed by atoms with van der Waals surface area (Å²) in [7, 11) is 0. The second-order valence-corrected chi connectivity index (χ2v) is 3.34. The van der Waals surface area contributed by atoms with Crippen molar-refractivity contribution in [3.05, 3.63) is 36.5 Å². The lowest BCUT2D eigenvalue weighted by Crippen LogP contribution is -2.35. The first-order valence-corrected chi connectivity index (χ1v) is 4.73. The molecule has 1 heterocycles. The highest BCUT2D eigenvalue weighted by Gasteiger charge is 2.11. The van der Waals surface area contributed by atoms with Crippen LogP contribution in [0.3, 0.4) is 0 Å². The van der Waals surface area contributed by atoms with Crippen molar-refractivity contribution >= 4 is 11.7 Å². The van der Waals surface area contributed by atoms with Gasteiger partial charge < -0.3 is 11.1 Å². The molecule has 0 aromatic carbocycles. The number of aryl methyl sites for hydroxylation is 1. The largest absolute Gasteiger partial charge is 0.320 e. The maximum Gasteiger partial charge on any atom is 0.242 e. The molecule has 0 fully saturated rings. The number of hydrogen-bond donors (Lipinski definition) is 2. The van der Waals surface area contributed by atoms with Gasteiger partial charge in [0.1, 0.15) is 5.82 Å². The van der Waals surface area contributed by atoms with Gasteiger partial charge in [-0.3, -0.25) is 4.79 Å². The molecule has 0 saturated carbocycles. The van der Waals surface area contributed by atoms with Crippen molar-refractivity contribution in [1.82, 2.24) is 4.98 Å². The molecule has 0 aliphatic rings. The minimum absolute atomic E-state index is 0.243. The van der Waals surface area contributed by atoms with Gasteiger partial charge in [-0.05, 0) is 31.0 Å². The van der Waals surface area contributed by atoms with Crippen LogP contribution < -0.4 is 11.1 Å². The molecule has 4 heteroatoms. The summed E-state index contributed by atoms with van der Waals surface area (Å²) in [5.74, 6) is 0.285. The fourth-order valence-electron chi connectivity index (χ4n) is 1.11. The van der Waals surface area contributed by atoms with Gasteiger partial charge in [0.2, 0.25) is 5.91 Å². The van der Waals surface area contributed by atoms with Gasteiger partial charge in [0.25, 0.3) is 0 Å². The highest BCUT2D eigenvalue weighted by molar-refractivity contribution is 5.93. The number of amides is 1. The molecule has 80 valence electrons. The molecule has 1 amide bonds. The summed E-state index contributed by atoms with van der Waals surface area (Å²) in [6, 6.07) is 3.09. The number of carbonyl (C=O) groups is 1. The zero-order chi connectivity index (χ0) is 11.3. The molecule has 1 aromatic rings. The van der Waals surface area contributed by atoms with Crippen LogP contribution in [0.15, 0.2) is 31.0 Å². The summed E-state index contributed by atoms with van der Waals surface area (Å²) in [5, 5.41) is 2.64. The van der Waals surface area contributed by atoms with Crippen molar-refractivity contribution in [3.63, 3.8) is 0 Å². The van der Waals surface area contributed by atoms with Crippen LogP contribution in [0.1, 0.15) is 12.0 Å². The number of nitrogens with zero attached hydrogens (tertiary/aromatic N) is 1. The molecule has 0 radical (unpaired) electrons. The Kier molecular flexibility index (Phi) is 4.00. The molecule has 0 aliphatic heterocycles. The van der Waals surface area contributed by atoms with Crippen molar-refractivity contribution in [1.29, 1.82) is 0 Å². The van der Waals surface area contributed by atoms with Crippen LogP contribution in [0.25, 0.3) is 0 Å². The zero-order valence-electron chi connectivity index (χ0n) is 8.73. The van der Waals surface area contributed by atoms with E-state index in [2.05, 4.69) is 16.9 Å². The van der Waals surface area contributed by atoms with E-state index in [4.69, 9.17) is 5.73 Å². The highest BCUT2D eigenvalue weighted by Crippen LogP contribution is 2.05. The SMILES string of the molecule is C=CCC(N)C(=O)Nc1cc(C)ccn1. The summed E-state index contributed by atoms with van der Waals surface area (Å²) in [6.07, 6.45) is 3.72. The topological polar surface area (TPSA) is 68.0 Å². The van der Waals surface area contributed by atoms with E-state index in [-0.39, 0.29) is 5.91 Å². The first kappa shape index (κ1) is 11.4. The Bertz CT molecular complexity index is 363. The minimum Gasteiger partial charge on any atom is -0.320 e. The lowest BCUT2D eigenvalue weighted by molar-refractivity contribution is -0.117. The number of aromatic nitrogens is 1. The van der Waals surface area contributed by atoms with Crippen LogP contribution in [0.4, 0.5) is 5.82 Å². The van der Waals surface area contributed by atoms with Crippen LogP contribution in [0.2, 0.25) is 0 Å². The lowest BCUT2D eigenvalue weighted by atomic mass is 10.2. The van der Waals surface area contributed by atoms with Crippen molar-refractivity contribution < 1.29 is 4.79 Å². The van der Waals surface area contributed by atoms with E-state index in [0.29, 0.717) is 12.2 Å². The fourth-order valence-corrected chi connectivity index (χ4v) is 1.11. The maximum absolute atomic E-state index is 11.5. The molecular formula is C11H15N3O. The quantitative estimate of drug-likeness (QED) is 0.726. The smallest absolute Gasteiger partial charge is 0.242 e. The van der Waals surface area contributed by atoms with Gasteiger partial charge in [0.05, 0.1) is 6.04 Å². The summed E-state index contributed by atoms with van der Waals surface area (Å²) in [5.41, 5.74) is 6.64. The third-order valence-corrected chi connectivity index (χ3v) is 1.92. The first-order chi connectivity index (χ1) is 7.13. The Hall–Kier alpha value is -1.68. The van der Waals surface area contributed by atoms with Crippen LogP contribution in [0.5, 0.6) is 0 Å². The molecular weight excluding hydrogens is 190 g/mol. The van der Waals surface area contributed by atoms with Gasteiger partial charge in [0.15, 0.2) is 0 Å². The lowest BCUT2D eigenvalue weighted by Gasteiger charge is -2.09. The third-order valence-electron chi connectivity index (χ3n) is 1.92. The Morgan fingerprint density at radius 2 is 2.53 bits per heavy atom. The Labute approximate surface area is 89.2 Å². The normalized spacial score (nSPS) is 11.9. The number of hydrogen-bond acceptors (Lipinski definition) is 3. The summed E-state index contributed by atoms with van der Waals surface area (Å²) < 4.78 is 0. The van der Waals surface area contributed by atoms with Crippen molar-refractivity contribution in [2.45, 2.75) is 19.4 Å². The minimum atomic E-state index is -0.565. The van der Waals surface area contributed by atoms with E-state index in [1.54, 1.807) is 18.3 Å². The van der Waals surface area contributed by atoms with Crippen molar-refractivity contribution in [2.24, 2.45) is 5.73 Å². The highest BCUT2D eigenvalue weighted by atomic mass is 16.2. The second-order valence-electron chi connectivity index (χ2n) is 3.34. The first-order valence-electron chi connectivity index (χ1n) is 4.73. The van der Waals surface area contributed by atoms with Crippen LogP contribution in [-0.4, -0.2) is 16.9 Å². The number of carbonyl (C=O) groups excluding carboxylic acids is 1. The van der Waals surface area contributed by atoms with E-state index >= 15 is 0 Å². The van der Waals surface area contributed by atoms with Crippen molar-refractivity contribution in [2.75, 3.05) is 5.32 Å². The van der Waals surface area contributed by atoms with E-state index in [1.807, 2.05) is 13.0 Å². The van der Waals surface area contributed by atoms with E-state index in [9.17, 15) is 4.79 Å². The van der Waals surface area contributed by atoms with Gasteiger partial charge in [0, 0.05) is 6.20 Å². The predicted octanol–water partition coefficient (Wildman–Crippen LogP) is 1.23. The Morgan fingerprint density at radius 1 is 1.80 bits per heavy atom. The molecule has 1 aromatic heterocycles. The standard InChI is InChI=1S/C11H15N3O/c1-3-4-9(12)11(15)14-10-7-8(2)5-6-13-10/h3,5-7,9H,1,4,12H2,2H3,(H,13,14,15). The Balaban J connectivity index is 2.62. The van der Waals surface area contributed by atoms with Crippen LogP contribution >= 0.6 is 0 Å². The molecule has 3 N–H and O–H groups in total. The molecule has 1 unspecified atom stereocenters. The maximum atomic E-state index is 11.5. The average Bonchev–Trinajstić information content (AvgIpc) is 2.18. The molecule has 1 atom stereocenters. The van der Waals surface area contributed by atoms with Gasteiger partial charge in [-0.25, -0.2) is 4.98 Å². The molecule has 0 spiro atoms. The number of rotatable bonds is 4. The van der Waals surface area contributed by atoms with E-state index in [1.165, 1.54) is 0 Å². The van der Waals surface area contributed by atoms with E-state index in [0.717, 1.165) is 5.56 Å².